The van der Waals surface area contributed by atoms with Crippen LogP contribution in [0.15, 0.2) is 41.8 Å². The molecule has 0 saturated carbocycles. The van der Waals surface area contributed by atoms with Gasteiger partial charge in [-0.05, 0) is 23.1 Å². The first-order valence-corrected chi connectivity index (χ1v) is 7.04. The molecule has 0 radical (unpaired) electrons. The maximum Gasteiger partial charge on any atom is 0.222 e. The van der Waals surface area contributed by atoms with Gasteiger partial charge in [0.25, 0.3) is 0 Å². The van der Waals surface area contributed by atoms with Crippen LogP contribution >= 0.6 is 11.3 Å². The van der Waals surface area contributed by atoms with Crippen LogP contribution in [0.4, 0.5) is 11.8 Å². The largest absolute Gasteiger partial charge is 0.382 e. The second-order valence-corrected chi connectivity index (χ2v) is 5.31. The van der Waals surface area contributed by atoms with E-state index in [0.717, 1.165) is 16.0 Å². The van der Waals surface area contributed by atoms with Gasteiger partial charge >= 0.3 is 0 Å². The molecule has 3 rings (SSSR count). The zero-order valence-electron chi connectivity index (χ0n) is 10.9. The quantitative estimate of drug-likeness (QED) is 0.756. The third-order valence-corrected chi connectivity index (χ3v) is 3.93. The van der Waals surface area contributed by atoms with Crippen LogP contribution in [0.5, 0.6) is 0 Å². The molecule has 0 atom stereocenters. The van der Waals surface area contributed by atoms with E-state index in [2.05, 4.69) is 9.97 Å². The van der Waals surface area contributed by atoms with Crippen molar-refractivity contribution in [3.63, 3.8) is 0 Å². The highest BCUT2D eigenvalue weighted by Gasteiger charge is 2.13. The van der Waals surface area contributed by atoms with Gasteiger partial charge in [0.15, 0.2) is 0 Å². The Morgan fingerprint density at radius 3 is 2.57 bits per heavy atom. The maximum absolute atomic E-state index is 9.26. The lowest BCUT2D eigenvalue weighted by Gasteiger charge is -2.08. The number of hydrogen-bond donors (Lipinski definition) is 2. The lowest BCUT2D eigenvalue weighted by Crippen LogP contribution is -2.04. The Hall–Kier alpha value is -2.91. The summed E-state index contributed by atoms with van der Waals surface area (Å²) in [5, 5.41) is 11.3. The van der Waals surface area contributed by atoms with E-state index in [0.29, 0.717) is 5.69 Å². The predicted molar refractivity (Wildman–Crippen MR) is 84.3 cm³/mol. The minimum atomic E-state index is 0.0584. The monoisotopic (exact) mass is 293 g/mol. The number of hydrogen-bond acceptors (Lipinski definition) is 6. The summed E-state index contributed by atoms with van der Waals surface area (Å²) in [6.45, 7) is 0. The SMILES string of the molecule is N#Cc1c(N)nc(N)nc1-c1cccc(-c2cccs2)c1. The first-order valence-electron chi connectivity index (χ1n) is 6.16. The second-order valence-electron chi connectivity index (χ2n) is 4.36. The molecule has 6 heteroatoms. The third-order valence-electron chi connectivity index (χ3n) is 3.01. The Balaban J connectivity index is 2.18. The summed E-state index contributed by atoms with van der Waals surface area (Å²) < 4.78 is 0. The van der Waals surface area contributed by atoms with Gasteiger partial charge in [0, 0.05) is 10.4 Å². The van der Waals surface area contributed by atoms with Gasteiger partial charge in [0.1, 0.15) is 17.5 Å². The molecule has 0 aliphatic rings. The number of benzene rings is 1. The summed E-state index contributed by atoms with van der Waals surface area (Å²) in [6.07, 6.45) is 0. The molecule has 3 aromatic rings. The minimum absolute atomic E-state index is 0.0584. The fraction of sp³-hybridized carbons (Fsp3) is 0. The van der Waals surface area contributed by atoms with Crippen LogP contribution in [0.3, 0.4) is 0 Å². The average molecular weight is 293 g/mol. The van der Waals surface area contributed by atoms with Crippen molar-refractivity contribution in [2.24, 2.45) is 0 Å². The number of aromatic nitrogens is 2. The number of rotatable bonds is 2. The fourth-order valence-electron chi connectivity index (χ4n) is 2.08. The molecule has 0 unspecified atom stereocenters. The smallest absolute Gasteiger partial charge is 0.222 e. The topological polar surface area (TPSA) is 102 Å². The predicted octanol–water partition coefficient (Wildman–Crippen LogP) is 2.91. The molecule has 1 aromatic carbocycles. The van der Waals surface area contributed by atoms with Crippen LogP contribution in [-0.2, 0) is 0 Å². The first-order chi connectivity index (χ1) is 10.2. The van der Waals surface area contributed by atoms with Crippen LogP contribution in [0.1, 0.15) is 5.56 Å². The van der Waals surface area contributed by atoms with Gasteiger partial charge in [0.2, 0.25) is 5.95 Å². The number of anilines is 2. The van der Waals surface area contributed by atoms with E-state index in [-0.39, 0.29) is 17.3 Å². The highest BCUT2D eigenvalue weighted by Crippen LogP contribution is 2.31. The van der Waals surface area contributed by atoms with Gasteiger partial charge < -0.3 is 11.5 Å². The first kappa shape index (κ1) is 13.1. The van der Waals surface area contributed by atoms with Gasteiger partial charge in [-0.3, -0.25) is 0 Å². The summed E-state index contributed by atoms with van der Waals surface area (Å²) >= 11 is 1.65. The van der Waals surface area contributed by atoms with E-state index in [1.54, 1.807) is 11.3 Å². The van der Waals surface area contributed by atoms with Crippen LogP contribution in [0, 0.1) is 11.3 Å². The molecule has 0 saturated heterocycles. The summed E-state index contributed by atoms with van der Waals surface area (Å²) in [5.41, 5.74) is 13.9. The highest BCUT2D eigenvalue weighted by atomic mass is 32.1. The summed E-state index contributed by atoms with van der Waals surface area (Å²) in [7, 11) is 0. The van der Waals surface area contributed by atoms with Crippen molar-refractivity contribution >= 4 is 23.1 Å². The number of nitrogens with two attached hydrogens (primary N) is 2. The van der Waals surface area contributed by atoms with Crippen LogP contribution in [-0.4, -0.2) is 9.97 Å². The summed E-state index contributed by atoms with van der Waals surface area (Å²) in [4.78, 5) is 9.14. The van der Waals surface area contributed by atoms with Gasteiger partial charge in [-0.15, -0.1) is 11.3 Å². The molecule has 0 bridgehead atoms. The van der Waals surface area contributed by atoms with Gasteiger partial charge in [-0.1, -0.05) is 24.3 Å². The molecule has 102 valence electrons. The summed E-state index contributed by atoms with van der Waals surface area (Å²) in [5.74, 6) is 0.157. The Bertz CT molecular complexity index is 834. The standard InChI is InChI=1S/C15H11N5S/c16-8-11-13(19-15(18)20-14(11)17)10-4-1-3-9(7-10)12-5-2-6-21-12/h1-7H,(H4,17,18,19,20). The molecule has 0 spiro atoms. The average Bonchev–Trinajstić information content (AvgIpc) is 3.01. The van der Waals surface area contributed by atoms with Gasteiger partial charge in [-0.25, -0.2) is 4.98 Å². The van der Waals surface area contributed by atoms with Crippen LogP contribution < -0.4 is 11.5 Å². The minimum Gasteiger partial charge on any atom is -0.382 e. The van der Waals surface area contributed by atoms with Crippen molar-refractivity contribution in [2.75, 3.05) is 11.5 Å². The molecule has 21 heavy (non-hydrogen) atoms. The molecule has 4 N–H and O–H groups in total. The zero-order chi connectivity index (χ0) is 14.8. The lowest BCUT2D eigenvalue weighted by molar-refractivity contribution is 1.18. The molecule has 0 aliphatic heterocycles. The molecule has 5 nitrogen and oxygen atoms in total. The molecule has 0 aliphatic carbocycles. The van der Waals surface area contributed by atoms with Gasteiger partial charge in [-0.2, -0.15) is 10.2 Å². The van der Waals surface area contributed by atoms with E-state index < -0.39 is 0 Å². The van der Waals surface area contributed by atoms with Crippen molar-refractivity contribution in [1.82, 2.24) is 9.97 Å². The lowest BCUT2D eigenvalue weighted by atomic mass is 10.0. The Kier molecular flexibility index (Phi) is 3.26. The zero-order valence-corrected chi connectivity index (χ0v) is 11.8. The number of nitriles is 1. The number of nitrogen functional groups attached to an aromatic ring is 2. The van der Waals surface area contributed by atoms with E-state index >= 15 is 0 Å². The van der Waals surface area contributed by atoms with Crippen molar-refractivity contribution in [3.05, 3.63) is 47.3 Å². The normalized spacial score (nSPS) is 10.2. The van der Waals surface area contributed by atoms with E-state index in [4.69, 9.17) is 11.5 Å². The van der Waals surface area contributed by atoms with Gasteiger partial charge in [0.05, 0.1) is 5.69 Å². The van der Waals surface area contributed by atoms with Crippen molar-refractivity contribution in [3.8, 4) is 27.8 Å². The fourth-order valence-corrected chi connectivity index (χ4v) is 2.80. The molecule has 2 aromatic heterocycles. The third kappa shape index (κ3) is 2.42. The maximum atomic E-state index is 9.26. The van der Waals surface area contributed by atoms with Crippen LogP contribution in [0.2, 0.25) is 0 Å². The Labute approximate surface area is 125 Å². The highest BCUT2D eigenvalue weighted by molar-refractivity contribution is 7.13. The van der Waals surface area contributed by atoms with E-state index in [1.165, 1.54) is 0 Å². The molecular formula is C15H11N5S. The van der Waals surface area contributed by atoms with Crippen LogP contribution in [0.25, 0.3) is 21.7 Å². The summed E-state index contributed by atoms with van der Waals surface area (Å²) in [6, 6.07) is 13.8. The molecular weight excluding hydrogens is 282 g/mol. The second kappa shape index (κ2) is 5.23. The Morgan fingerprint density at radius 2 is 1.86 bits per heavy atom. The number of thiophene rings is 1. The molecule has 2 heterocycles. The van der Waals surface area contributed by atoms with Crippen molar-refractivity contribution in [2.45, 2.75) is 0 Å². The molecule has 0 amide bonds. The van der Waals surface area contributed by atoms with Crippen molar-refractivity contribution < 1.29 is 0 Å². The molecule has 0 fully saturated rings. The van der Waals surface area contributed by atoms with E-state index in [1.807, 2.05) is 47.8 Å². The van der Waals surface area contributed by atoms with E-state index in [9.17, 15) is 5.26 Å². The number of nitrogens with zero attached hydrogens (tertiary/aromatic N) is 3. The Morgan fingerprint density at radius 1 is 1.05 bits per heavy atom. The van der Waals surface area contributed by atoms with Crippen molar-refractivity contribution in [1.29, 1.82) is 5.26 Å².